The fraction of sp³-hybridized carbons (Fsp3) is 0.250. The van der Waals surface area contributed by atoms with Gasteiger partial charge in [-0.2, -0.15) is 0 Å². The number of methoxy groups -OCH3 is 1. The molecule has 0 radical (unpaired) electrons. The average Bonchev–Trinajstić information content (AvgIpc) is 2.54. The summed E-state index contributed by atoms with van der Waals surface area (Å²) in [5, 5.41) is 9.17. The molecule has 2 aromatic carbocycles. The highest BCUT2D eigenvalue weighted by Crippen LogP contribution is 2.36. The molecule has 5 heteroatoms. The van der Waals surface area contributed by atoms with Crippen LogP contribution in [0, 0.1) is 0 Å². The van der Waals surface area contributed by atoms with Gasteiger partial charge < -0.3 is 20.3 Å². The molecule has 112 valence electrons. The smallest absolute Gasteiger partial charge is 0.169 e. The first-order valence-electron chi connectivity index (χ1n) is 6.55. The summed E-state index contributed by atoms with van der Waals surface area (Å²) in [7, 11) is 1.57. The minimum atomic E-state index is -0.0351. The van der Waals surface area contributed by atoms with Crippen molar-refractivity contribution in [1.29, 1.82) is 0 Å². The van der Waals surface area contributed by atoms with Crippen molar-refractivity contribution in [3.8, 4) is 17.2 Å². The Labute approximate surface area is 128 Å². The van der Waals surface area contributed by atoms with Crippen LogP contribution in [-0.4, -0.2) is 18.5 Å². The van der Waals surface area contributed by atoms with Gasteiger partial charge in [-0.05, 0) is 36.1 Å². The molecule has 0 aliphatic rings. The molecule has 0 aliphatic carbocycles. The maximum Gasteiger partial charge on any atom is 0.169 e. The van der Waals surface area contributed by atoms with Crippen molar-refractivity contribution in [3.05, 3.63) is 47.5 Å². The lowest BCUT2D eigenvalue weighted by Crippen LogP contribution is -2.02. The quantitative estimate of drug-likeness (QED) is 0.803. The second-order valence-corrected chi connectivity index (χ2v) is 5.23. The highest BCUT2D eigenvalue weighted by molar-refractivity contribution is 7.98. The van der Waals surface area contributed by atoms with Crippen LogP contribution in [0.2, 0.25) is 0 Å². The molecule has 0 spiro atoms. The maximum absolute atomic E-state index is 9.17. The van der Waals surface area contributed by atoms with Gasteiger partial charge in [-0.1, -0.05) is 12.1 Å². The largest absolute Gasteiger partial charge is 0.493 e. The lowest BCUT2D eigenvalue weighted by atomic mass is 10.2. The number of hydrogen-bond donors (Lipinski definition) is 2. The Bertz CT molecular complexity index is 616. The Morgan fingerprint density at radius 2 is 1.95 bits per heavy atom. The molecule has 0 saturated heterocycles. The van der Waals surface area contributed by atoms with Gasteiger partial charge in [0.2, 0.25) is 0 Å². The fourth-order valence-corrected chi connectivity index (χ4v) is 2.69. The highest BCUT2D eigenvalue weighted by Gasteiger charge is 2.12. The zero-order valence-corrected chi connectivity index (χ0v) is 12.9. The molecule has 3 N–H and O–H groups in total. The van der Waals surface area contributed by atoms with Crippen LogP contribution in [0.3, 0.4) is 0 Å². The van der Waals surface area contributed by atoms with Crippen LogP contribution < -0.4 is 15.2 Å². The minimum absolute atomic E-state index is 0.0351. The summed E-state index contributed by atoms with van der Waals surface area (Å²) < 4.78 is 11.3. The molecule has 0 saturated carbocycles. The average molecular weight is 305 g/mol. The Balaban J connectivity index is 2.38. The molecule has 0 aromatic heterocycles. The van der Waals surface area contributed by atoms with Gasteiger partial charge in [-0.25, -0.2) is 0 Å². The monoisotopic (exact) mass is 305 g/mol. The topological polar surface area (TPSA) is 64.7 Å². The van der Waals surface area contributed by atoms with Gasteiger partial charge >= 0.3 is 0 Å². The number of rotatable bonds is 6. The van der Waals surface area contributed by atoms with Gasteiger partial charge in [0.05, 0.1) is 13.7 Å². The first-order chi connectivity index (χ1) is 10.2. The summed E-state index contributed by atoms with van der Waals surface area (Å²) >= 11 is 1.64. The van der Waals surface area contributed by atoms with Crippen molar-refractivity contribution in [2.75, 3.05) is 13.4 Å². The molecule has 0 amide bonds. The van der Waals surface area contributed by atoms with Gasteiger partial charge in [0.15, 0.2) is 11.5 Å². The van der Waals surface area contributed by atoms with Crippen molar-refractivity contribution in [3.63, 3.8) is 0 Å². The standard InChI is InChI=1S/C16H19NO3S/c1-19-15-8-11(10-18)6-7-14(15)20-13-4-3-5-16(21-2)12(13)9-17/h3-8,18H,9-10,17H2,1-2H3. The number of ether oxygens (including phenoxy) is 2. The number of aliphatic hydroxyl groups is 1. The van der Waals surface area contributed by atoms with Crippen LogP contribution in [0.4, 0.5) is 0 Å². The molecule has 0 unspecified atom stereocenters. The molecule has 0 atom stereocenters. The van der Waals surface area contributed by atoms with E-state index in [2.05, 4.69) is 0 Å². The van der Waals surface area contributed by atoms with Crippen molar-refractivity contribution in [1.82, 2.24) is 0 Å². The van der Waals surface area contributed by atoms with E-state index in [0.717, 1.165) is 21.8 Å². The van der Waals surface area contributed by atoms with E-state index in [4.69, 9.17) is 15.2 Å². The predicted octanol–water partition coefficient (Wildman–Crippen LogP) is 3.16. The zero-order chi connectivity index (χ0) is 15.2. The van der Waals surface area contributed by atoms with Crippen molar-refractivity contribution in [2.45, 2.75) is 18.0 Å². The van der Waals surface area contributed by atoms with Crippen molar-refractivity contribution in [2.24, 2.45) is 5.73 Å². The lowest BCUT2D eigenvalue weighted by Gasteiger charge is -2.15. The molecule has 2 aromatic rings. The van der Waals surface area contributed by atoms with E-state index in [1.807, 2.05) is 24.5 Å². The number of hydrogen-bond acceptors (Lipinski definition) is 5. The summed E-state index contributed by atoms with van der Waals surface area (Å²) in [6.45, 7) is 0.371. The molecule has 2 rings (SSSR count). The molecule has 4 nitrogen and oxygen atoms in total. The molecule has 0 aliphatic heterocycles. The molecule has 0 fully saturated rings. The normalized spacial score (nSPS) is 10.5. The van der Waals surface area contributed by atoms with E-state index in [0.29, 0.717) is 18.0 Å². The highest BCUT2D eigenvalue weighted by atomic mass is 32.2. The van der Waals surface area contributed by atoms with Crippen LogP contribution in [0.5, 0.6) is 17.2 Å². The van der Waals surface area contributed by atoms with E-state index in [9.17, 15) is 5.11 Å². The van der Waals surface area contributed by atoms with E-state index >= 15 is 0 Å². The number of benzene rings is 2. The molecule has 0 bridgehead atoms. The SMILES string of the molecule is COc1cc(CO)ccc1Oc1cccc(SC)c1CN. The maximum atomic E-state index is 9.17. The van der Waals surface area contributed by atoms with Gasteiger partial charge in [-0.15, -0.1) is 11.8 Å². The minimum Gasteiger partial charge on any atom is -0.493 e. The number of nitrogens with two attached hydrogens (primary N) is 1. The third-order valence-electron chi connectivity index (χ3n) is 3.14. The Hall–Kier alpha value is -1.69. The van der Waals surface area contributed by atoms with Crippen LogP contribution in [0.25, 0.3) is 0 Å². The van der Waals surface area contributed by atoms with Crippen LogP contribution in [0.15, 0.2) is 41.3 Å². The second-order valence-electron chi connectivity index (χ2n) is 4.39. The Kier molecular flexibility index (Phi) is 5.50. The Morgan fingerprint density at radius 3 is 2.57 bits per heavy atom. The molecule has 0 heterocycles. The third kappa shape index (κ3) is 3.50. The summed E-state index contributed by atoms with van der Waals surface area (Å²) in [6, 6.07) is 11.2. The van der Waals surface area contributed by atoms with E-state index in [1.165, 1.54) is 0 Å². The molecular weight excluding hydrogens is 286 g/mol. The first kappa shape index (κ1) is 15.7. The summed E-state index contributed by atoms with van der Waals surface area (Å²) in [5.41, 5.74) is 7.58. The van der Waals surface area contributed by atoms with Gasteiger partial charge in [0, 0.05) is 17.0 Å². The molecular formula is C16H19NO3S. The first-order valence-corrected chi connectivity index (χ1v) is 7.77. The van der Waals surface area contributed by atoms with E-state index < -0.39 is 0 Å². The van der Waals surface area contributed by atoms with Crippen LogP contribution >= 0.6 is 11.8 Å². The van der Waals surface area contributed by atoms with Crippen LogP contribution in [0.1, 0.15) is 11.1 Å². The molecule has 21 heavy (non-hydrogen) atoms. The van der Waals surface area contributed by atoms with E-state index in [1.54, 1.807) is 37.1 Å². The summed E-state index contributed by atoms with van der Waals surface area (Å²) in [5.74, 6) is 1.90. The lowest BCUT2D eigenvalue weighted by molar-refractivity contribution is 0.280. The second kappa shape index (κ2) is 7.36. The third-order valence-corrected chi connectivity index (χ3v) is 3.97. The van der Waals surface area contributed by atoms with Gasteiger partial charge in [-0.3, -0.25) is 0 Å². The van der Waals surface area contributed by atoms with Crippen molar-refractivity contribution >= 4 is 11.8 Å². The van der Waals surface area contributed by atoms with E-state index in [-0.39, 0.29) is 6.61 Å². The number of aliphatic hydroxyl groups excluding tert-OH is 1. The number of thioether (sulfide) groups is 1. The van der Waals surface area contributed by atoms with Crippen molar-refractivity contribution < 1.29 is 14.6 Å². The zero-order valence-electron chi connectivity index (χ0n) is 12.1. The summed E-state index contributed by atoms with van der Waals surface area (Å²) in [6.07, 6.45) is 2.01. The van der Waals surface area contributed by atoms with Crippen LogP contribution in [-0.2, 0) is 13.2 Å². The summed E-state index contributed by atoms with van der Waals surface area (Å²) in [4.78, 5) is 1.10. The predicted molar refractivity (Wildman–Crippen MR) is 85.1 cm³/mol. The van der Waals surface area contributed by atoms with Gasteiger partial charge in [0.25, 0.3) is 0 Å². The Morgan fingerprint density at radius 1 is 1.14 bits per heavy atom. The van der Waals surface area contributed by atoms with Gasteiger partial charge in [0.1, 0.15) is 5.75 Å². The fourth-order valence-electron chi connectivity index (χ4n) is 2.05.